The Balaban J connectivity index is 1.70. The zero-order valence-corrected chi connectivity index (χ0v) is 20.1. The minimum absolute atomic E-state index is 0.0955. The molecule has 4 rings (SSSR count). The largest absolute Gasteiger partial charge is 0.379 e. The molecule has 3 aromatic rings. The number of carbonyl (C=O) groups is 1. The van der Waals surface area contributed by atoms with Crippen molar-refractivity contribution in [2.24, 2.45) is 0 Å². The first kappa shape index (κ1) is 22.8. The van der Waals surface area contributed by atoms with Gasteiger partial charge in [0.05, 0.1) is 28.3 Å². The van der Waals surface area contributed by atoms with Gasteiger partial charge in [-0.05, 0) is 43.7 Å². The van der Waals surface area contributed by atoms with E-state index in [1.54, 1.807) is 23.1 Å². The lowest BCUT2D eigenvalue weighted by Gasteiger charge is -2.29. The first-order valence-electron chi connectivity index (χ1n) is 10.5. The Morgan fingerprint density at radius 3 is 2.62 bits per heavy atom. The summed E-state index contributed by atoms with van der Waals surface area (Å²) in [6, 6.07) is 10.8. The van der Waals surface area contributed by atoms with Crippen molar-refractivity contribution in [2.45, 2.75) is 18.7 Å². The maximum absolute atomic E-state index is 13.6. The summed E-state index contributed by atoms with van der Waals surface area (Å²) in [6.45, 7) is 8.17. The van der Waals surface area contributed by atoms with Crippen LogP contribution in [0.15, 0.2) is 41.3 Å². The molecule has 0 atom stereocenters. The second-order valence-electron chi connectivity index (χ2n) is 8.13. The molecule has 1 aliphatic heterocycles. The monoisotopic (exact) mass is 473 g/mol. The van der Waals surface area contributed by atoms with Crippen molar-refractivity contribution in [3.8, 4) is 0 Å². The highest BCUT2D eigenvalue weighted by Gasteiger charge is 2.24. The van der Waals surface area contributed by atoms with Crippen molar-refractivity contribution in [1.29, 1.82) is 0 Å². The van der Waals surface area contributed by atoms with E-state index in [1.807, 2.05) is 32.0 Å². The fourth-order valence-electron chi connectivity index (χ4n) is 3.70. The van der Waals surface area contributed by atoms with E-state index in [2.05, 4.69) is 9.88 Å². The van der Waals surface area contributed by atoms with Gasteiger partial charge in [-0.3, -0.25) is 14.6 Å². The zero-order chi connectivity index (χ0) is 22.9. The molecule has 0 unspecified atom stereocenters. The quantitative estimate of drug-likeness (QED) is 0.547. The third-order valence-electron chi connectivity index (χ3n) is 5.62. The number of aromatic nitrogens is 1. The molecule has 1 aromatic heterocycles. The number of benzene rings is 2. The number of ether oxygens (including phenoxy) is 1. The molecule has 2 heterocycles. The summed E-state index contributed by atoms with van der Waals surface area (Å²) >= 11 is 1.34. The average molecular weight is 474 g/mol. The van der Waals surface area contributed by atoms with E-state index < -0.39 is 9.84 Å². The van der Waals surface area contributed by atoms with Crippen LogP contribution >= 0.6 is 11.3 Å². The molecule has 9 heteroatoms. The highest BCUT2D eigenvalue weighted by atomic mass is 32.2. The number of aryl methyl sites for hydroxylation is 2. The molecule has 0 N–H and O–H groups in total. The van der Waals surface area contributed by atoms with Gasteiger partial charge in [0.25, 0.3) is 5.91 Å². The number of sulfone groups is 1. The molecule has 0 spiro atoms. The maximum atomic E-state index is 13.6. The van der Waals surface area contributed by atoms with Gasteiger partial charge in [-0.1, -0.05) is 29.0 Å². The number of amides is 1. The first-order chi connectivity index (χ1) is 15.2. The van der Waals surface area contributed by atoms with Crippen LogP contribution in [0.25, 0.3) is 10.2 Å². The van der Waals surface area contributed by atoms with Crippen molar-refractivity contribution in [3.63, 3.8) is 0 Å². The summed E-state index contributed by atoms with van der Waals surface area (Å²) in [5, 5.41) is 0.574. The normalized spacial score (nSPS) is 15.2. The van der Waals surface area contributed by atoms with Gasteiger partial charge in [0, 0.05) is 38.0 Å². The Hall–Kier alpha value is -2.33. The fraction of sp³-hybridized carbons (Fsp3) is 0.391. The number of nitrogens with zero attached hydrogens (tertiary/aromatic N) is 3. The predicted octanol–water partition coefficient (Wildman–Crippen LogP) is 3.30. The Labute approximate surface area is 192 Å². The standard InChI is InChI=1S/C23H27N3O4S2/c1-16-4-5-17(2)19(14-16)22(27)26(9-8-25-10-12-30-13-11-25)23-24-20-7-6-18(32(3,28)29)15-21(20)31-23/h4-7,14-15H,8-13H2,1-3H3. The van der Waals surface area contributed by atoms with Crippen LogP contribution in [0.2, 0.25) is 0 Å². The molecule has 1 aliphatic rings. The molecule has 1 amide bonds. The van der Waals surface area contributed by atoms with Gasteiger partial charge in [0.15, 0.2) is 15.0 Å². The first-order valence-corrected chi connectivity index (χ1v) is 13.2. The van der Waals surface area contributed by atoms with Crippen molar-refractivity contribution >= 4 is 42.4 Å². The third kappa shape index (κ3) is 5.01. The van der Waals surface area contributed by atoms with Crippen LogP contribution in [0.1, 0.15) is 21.5 Å². The van der Waals surface area contributed by atoms with Crippen LogP contribution in [0.5, 0.6) is 0 Å². The van der Waals surface area contributed by atoms with Crippen LogP contribution in [-0.4, -0.2) is 69.9 Å². The Morgan fingerprint density at radius 2 is 1.91 bits per heavy atom. The average Bonchev–Trinajstić information content (AvgIpc) is 3.18. The molecule has 2 aromatic carbocycles. The van der Waals surface area contributed by atoms with Gasteiger partial charge in [0.1, 0.15) is 0 Å². The number of rotatable bonds is 6. The van der Waals surface area contributed by atoms with E-state index in [9.17, 15) is 13.2 Å². The maximum Gasteiger partial charge on any atom is 0.260 e. The second kappa shape index (κ2) is 9.27. The second-order valence-corrected chi connectivity index (χ2v) is 11.2. The molecule has 1 fully saturated rings. The number of fused-ring (bicyclic) bond motifs is 1. The summed E-state index contributed by atoms with van der Waals surface area (Å²) < 4.78 is 30.1. The van der Waals surface area contributed by atoms with E-state index in [1.165, 1.54) is 17.6 Å². The summed E-state index contributed by atoms with van der Waals surface area (Å²) in [7, 11) is -3.32. The molecule has 7 nitrogen and oxygen atoms in total. The Kier molecular flexibility index (Phi) is 6.62. The topological polar surface area (TPSA) is 79.8 Å². The predicted molar refractivity (Wildman–Crippen MR) is 128 cm³/mol. The molecule has 0 aliphatic carbocycles. The number of thiazole rings is 1. The molecular formula is C23H27N3O4S2. The van der Waals surface area contributed by atoms with Gasteiger partial charge >= 0.3 is 0 Å². The lowest BCUT2D eigenvalue weighted by molar-refractivity contribution is 0.0391. The minimum Gasteiger partial charge on any atom is -0.379 e. The Morgan fingerprint density at radius 1 is 1.16 bits per heavy atom. The van der Waals surface area contributed by atoms with Crippen molar-refractivity contribution in [2.75, 3.05) is 50.5 Å². The third-order valence-corrected chi connectivity index (χ3v) is 7.77. The number of hydrogen-bond acceptors (Lipinski definition) is 7. The van der Waals surface area contributed by atoms with E-state index in [-0.39, 0.29) is 10.8 Å². The van der Waals surface area contributed by atoms with Gasteiger partial charge in [-0.2, -0.15) is 0 Å². The molecular weight excluding hydrogens is 446 g/mol. The summed E-state index contributed by atoms with van der Waals surface area (Å²) in [5.41, 5.74) is 3.28. The lowest BCUT2D eigenvalue weighted by atomic mass is 10.0. The van der Waals surface area contributed by atoms with Crippen LogP contribution in [0.3, 0.4) is 0 Å². The van der Waals surface area contributed by atoms with E-state index >= 15 is 0 Å². The van der Waals surface area contributed by atoms with Crippen LogP contribution < -0.4 is 4.90 Å². The van der Waals surface area contributed by atoms with Gasteiger partial charge in [-0.25, -0.2) is 13.4 Å². The van der Waals surface area contributed by atoms with Crippen molar-refractivity contribution < 1.29 is 17.9 Å². The SMILES string of the molecule is Cc1ccc(C)c(C(=O)N(CCN2CCOCC2)c2nc3ccc(S(C)(=O)=O)cc3s2)c1. The fourth-order valence-corrected chi connectivity index (χ4v) is 5.45. The zero-order valence-electron chi connectivity index (χ0n) is 18.5. The number of hydrogen-bond donors (Lipinski definition) is 0. The number of anilines is 1. The summed E-state index contributed by atoms with van der Waals surface area (Å²) in [6.07, 6.45) is 1.19. The minimum atomic E-state index is -3.32. The Bertz CT molecular complexity index is 1250. The van der Waals surface area contributed by atoms with E-state index in [0.717, 1.165) is 28.9 Å². The van der Waals surface area contributed by atoms with Crippen LogP contribution in [-0.2, 0) is 14.6 Å². The van der Waals surface area contributed by atoms with Gasteiger partial charge in [0.2, 0.25) is 0 Å². The smallest absolute Gasteiger partial charge is 0.260 e. The van der Waals surface area contributed by atoms with Gasteiger partial charge in [-0.15, -0.1) is 0 Å². The number of morpholine rings is 1. The van der Waals surface area contributed by atoms with E-state index in [4.69, 9.17) is 4.74 Å². The van der Waals surface area contributed by atoms with Crippen molar-refractivity contribution in [3.05, 3.63) is 53.1 Å². The molecule has 0 radical (unpaired) electrons. The summed E-state index contributed by atoms with van der Waals surface area (Å²) in [4.78, 5) is 22.6. The molecule has 170 valence electrons. The highest BCUT2D eigenvalue weighted by Crippen LogP contribution is 2.32. The van der Waals surface area contributed by atoms with Gasteiger partial charge < -0.3 is 4.74 Å². The molecule has 1 saturated heterocycles. The molecule has 0 bridgehead atoms. The van der Waals surface area contributed by atoms with Crippen LogP contribution in [0.4, 0.5) is 5.13 Å². The highest BCUT2D eigenvalue weighted by molar-refractivity contribution is 7.90. The molecule has 0 saturated carbocycles. The van der Waals surface area contributed by atoms with Crippen molar-refractivity contribution in [1.82, 2.24) is 9.88 Å². The van der Waals surface area contributed by atoms with E-state index in [0.29, 0.717) is 42.5 Å². The molecule has 32 heavy (non-hydrogen) atoms. The number of carbonyl (C=O) groups excluding carboxylic acids is 1. The lowest BCUT2D eigenvalue weighted by Crippen LogP contribution is -2.43. The van der Waals surface area contributed by atoms with Crippen LogP contribution in [0, 0.1) is 13.8 Å². The summed E-state index contributed by atoms with van der Waals surface area (Å²) in [5.74, 6) is -0.0955.